The second-order valence-electron chi connectivity index (χ2n) is 8.64. The number of nitrogens with one attached hydrogen (secondary N) is 3. The van der Waals surface area contributed by atoms with Gasteiger partial charge in [-0.25, -0.2) is 9.36 Å². The number of unbranched alkanes of at least 4 members (excludes halogenated alkanes) is 1. The lowest BCUT2D eigenvalue weighted by atomic mass is 10.2. The van der Waals surface area contributed by atoms with Crippen LogP contribution in [0, 0.1) is 0 Å². The van der Waals surface area contributed by atoms with Crippen LogP contribution < -0.4 is 32.9 Å². The molecule has 0 fully saturated rings. The van der Waals surface area contributed by atoms with Gasteiger partial charge in [-0.15, -0.1) is 0 Å². The van der Waals surface area contributed by atoms with E-state index in [1.54, 1.807) is 48.7 Å². The van der Waals surface area contributed by atoms with Gasteiger partial charge in [-0.1, -0.05) is 54.7 Å². The summed E-state index contributed by atoms with van der Waals surface area (Å²) >= 11 is 11.9. The summed E-state index contributed by atoms with van der Waals surface area (Å²) in [6, 6.07) is 13.4. The molecule has 10 nitrogen and oxygen atoms in total. The van der Waals surface area contributed by atoms with Gasteiger partial charge in [0.2, 0.25) is 5.91 Å². The first-order valence-corrected chi connectivity index (χ1v) is 13.0. The monoisotopic (exact) mass is 572 g/mol. The van der Waals surface area contributed by atoms with E-state index in [2.05, 4.69) is 16.0 Å². The summed E-state index contributed by atoms with van der Waals surface area (Å²) in [5, 5.41) is 9.49. The largest absolute Gasteiger partial charge is 0.378 e. The van der Waals surface area contributed by atoms with Crippen LogP contribution in [0.1, 0.15) is 35.7 Å². The van der Waals surface area contributed by atoms with Crippen molar-refractivity contribution in [3.8, 4) is 5.69 Å². The fraction of sp³-hybridized carbons (Fsp3) is 0.259. The van der Waals surface area contributed by atoms with Crippen LogP contribution in [0.3, 0.4) is 0 Å². The second-order valence-corrected chi connectivity index (χ2v) is 9.52. The van der Waals surface area contributed by atoms with Crippen LogP contribution in [0.25, 0.3) is 5.69 Å². The molecule has 0 unspecified atom stereocenters. The highest BCUT2D eigenvalue weighted by molar-refractivity contribution is 6.30. The molecule has 0 atom stereocenters. The SMILES string of the molecule is CCCCn1cc(C(=O)NCc2ccc(Cl)cc2)c(=O)n(-c2cccc(Cl)c2)c1=O.NC(=O)C1=CNCNC1. The maximum Gasteiger partial charge on any atom is 0.335 e. The zero-order valence-electron chi connectivity index (χ0n) is 21.4. The van der Waals surface area contributed by atoms with E-state index in [-0.39, 0.29) is 18.0 Å². The lowest BCUT2D eigenvalue weighted by Crippen LogP contribution is -2.43. The van der Waals surface area contributed by atoms with E-state index < -0.39 is 17.2 Å². The number of nitrogens with two attached hydrogens (primary N) is 1. The molecule has 0 saturated carbocycles. The van der Waals surface area contributed by atoms with Crippen LogP contribution in [-0.4, -0.2) is 34.2 Å². The van der Waals surface area contributed by atoms with E-state index in [4.69, 9.17) is 28.9 Å². The number of nitrogens with zero attached hydrogens (tertiary/aromatic N) is 2. The number of aryl methyl sites for hydroxylation is 1. The number of rotatable bonds is 8. The van der Waals surface area contributed by atoms with Crippen molar-refractivity contribution in [2.75, 3.05) is 13.2 Å². The van der Waals surface area contributed by atoms with E-state index >= 15 is 0 Å². The van der Waals surface area contributed by atoms with Crippen LogP contribution in [-0.2, 0) is 17.9 Å². The van der Waals surface area contributed by atoms with E-state index in [9.17, 15) is 19.2 Å². The fourth-order valence-electron chi connectivity index (χ4n) is 3.62. The predicted octanol–water partition coefficient (Wildman–Crippen LogP) is 2.54. The summed E-state index contributed by atoms with van der Waals surface area (Å²) in [6.45, 7) is 3.89. The molecule has 0 saturated heterocycles. The molecule has 0 radical (unpaired) electrons. The maximum atomic E-state index is 13.1. The molecule has 2 aromatic carbocycles. The average molecular weight is 573 g/mol. The van der Waals surface area contributed by atoms with Crippen LogP contribution in [0.2, 0.25) is 10.0 Å². The Morgan fingerprint density at radius 3 is 2.41 bits per heavy atom. The summed E-state index contributed by atoms with van der Waals surface area (Å²) < 4.78 is 2.38. The summed E-state index contributed by atoms with van der Waals surface area (Å²) in [5.41, 5.74) is 5.42. The molecular formula is C27H30Cl2N6O4. The minimum atomic E-state index is -0.691. The first-order valence-electron chi connectivity index (χ1n) is 12.3. The molecule has 0 aliphatic carbocycles. The van der Waals surface area contributed by atoms with Crippen molar-refractivity contribution in [3.05, 3.63) is 109 Å². The minimum absolute atomic E-state index is 0.111. The van der Waals surface area contributed by atoms with Gasteiger partial charge in [0.1, 0.15) is 5.56 Å². The Bertz CT molecular complexity index is 1460. The van der Waals surface area contributed by atoms with Gasteiger partial charge in [-0.2, -0.15) is 0 Å². The summed E-state index contributed by atoms with van der Waals surface area (Å²) in [4.78, 5) is 49.2. The lowest BCUT2D eigenvalue weighted by molar-refractivity contribution is -0.114. The van der Waals surface area contributed by atoms with Gasteiger partial charge < -0.3 is 16.4 Å². The minimum Gasteiger partial charge on any atom is -0.378 e. The molecular weight excluding hydrogens is 543 g/mol. The third-order valence-electron chi connectivity index (χ3n) is 5.72. The van der Waals surface area contributed by atoms with Crippen molar-refractivity contribution in [1.82, 2.24) is 25.1 Å². The number of hydrogen-bond donors (Lipinski definition) is 4. The maximum absolute atomic E-state index is 13.1. The first-order chi connectivity index (χ1) is 18.7. The van der Waals surface area contributed by atoms with Gasteiger partial charge in [0.15, 0.2) is 0 Å². The van der Waals surface area contributed by atoms with Gasteiger partial charge in [0, 0.05) is 47.6 Å². The molecule has 39 heavy (non-hydrogen) atoms. The highest BCUT2D eigenvalue weighted by Crippen LogP contribution is 2.13. The molecule has 0 spiro atoms. The van der Waals surface area contributed by atoms with E-state index in [1.165, 1.54) is 16.8 Å². The molecule has 2 amide bonds. The molecule has 4 rings (SSSR count). The molecule has 3 aromatic rings. The van der Waals surface area contributed by atoms with Crippen LogP contribution in [0.5, 0.6) is 0 Å². The molecule has 206 valence electrons. The van der Waals surface area contributed by atoms with Crippen molar-refractivity contribution < 1.29 is 9.59 Å². The van der Waals surface area contributed by atoms with E-state index in [1.807, 2.05) is 6.92 Å². The number of carbonyl (C=O) groups excluding carboxylic acids is 2. The second kappa shape index (κ2) is 14.3. The standard InChI is InChI=1S/C22H21Cl2N3O3.C5H9N3O/c1-2-3-11-26-14-19(20(28)25-13-15-7-9-16(23)10-8-15)21(29)27(22(26)30)18-6-4-5-17(24)12-18;6-5(9)4-1-7-3-8-2-4/h4-10,12,14H,2-3,11,13H2,1H3,(H,25,28);1,7-8H,2-3H2,(H2,6,9). The Hall–Kier alpha value is -3.86. The highest BCUT2D eigenvalue weighted by atomic mass is 35.5. The Labute approximate surface area is 235 Å². The number of benzene rings is 2. The number of amides is 2. The molecule has 2 heterocycles. The molecule has 12 heteroatoms. The molecule has 1 aliphatic heterocycles. The number of hydrogen-bond acceptors (Lipinski definition) is 6. The van der Waals surface area contributed by atoms with Crippen molar-refractivity contribution in [2.24, 2.45) is 5.73 Å². The van der Waals surface area contributed by atoms with Crippen LogP contribution in [0.15, 0.2) is 76.1 Å². The van der Waals surface area contributed by atoms with Crippen molar-refractivity contribution in [1.29, 1.82) is 0 Å². The van der Waals surface area contributed by atoms with Gasteiger partial charge in [-0.05, 0) is 42.3 Å². The predicted molar refractivity (Wildman–Crippen MR) is 152 cm³/mol. The summed E-state index contributed by atoms with van der Waals surface area (Å²) in [7, 11) is 0. The Morgan fingerprint density at radius 2 is 1.82 bits per heavy atom. The van der Waals surface area contributed by atoms with Crippen molar-refractivity contribution in [2.45, 2.75) is 32.9 Å². The first kappa shape index (κ1) is 29.7. The Kier molecular flexibility index (Phi) is 10.9. The average Bonchev–Trinajstić information content (AvgIpc) is 2.93. The normalized spacial score (nSPS) is 12.4. The summed E-state index contributed by atoms with van der Waals surface area (Å²) in [5.74, 6) is -0.925. The van der Waals surface area contributed by atoms with Gasteiger partial charge in [0.05, 0.1) is 12.4 Å². The van der Waals surface area contributed by atoms with Gasteiger partial charge in [-0.3, -0.25) is 24.3 Å². The van der Waals surface area contributed by atoms with Gasteiger partial charge in [0.25, 0.3) is 11.5 Å². The third-order valence-corrected chi connectivity index (χ3v) is 6.21. The lowest BCUT2D eigenvalue weighted by Gasteiger charge is -2.13. The third kappa shape index (κ3) is 8.31. The topological polar surface area (TPSA) is 140 Å². The Morgan fingerprint density at radius 1 is 1.08 bits per heavy atom. The molecule has 5 N–H and O–H groups in total. The van der Waals surface area contributed by atoms with Crippen molar-refractivity contribution >= 4 is 35.0 Å². The smallest absolute Gasteiger partial charge is 0.335 e. The highest BCUT2D eigenvalue weighted by Gasteiger charge is 2.18. The quantitative estimate of drug-likeness (QED) is 0.327. The Balaban J connectivity index is 0.000000395. The zero-order chi connectivity index (χ0) is 28.4. The molecule has 1 aromatic heterocycles. The summed E-state index contributed by atoms with van der Waals surface area (Å²) in [6.07, 6.45) is 4.57. The molecule has 0 bridgehead atoms. The molecule has 1 aliphatic rings. The van der Waals surface area contributed by atoms with Crippen molar-refractivity contribution in [3.63, 3.8) is 0 Å². The number of primary amides is 1. The number of carbonyl (C=O) groups is 2. The fourth-order valence-corrected chi connectivity index (χ4v) is 3.93. The van der Waals surface area contributed by atoms with Crippen LogP contribution in [0.4, 0.5) is 0 Å². The van der Waals surface area contributed by atoms with Gasteiger partial charge >= 0.3 is 5.69 Å². The van der Waals surface area contributed by atoms with Crippen LogP contribution >= 0.6 is 23.2 Å². The number of aromatic nitrogens is 2. The number of halogens is 2. The zero-order valence-corrected chi connectivity index (χ0v) is 22.9. The van der Waals surface area contributed by atoms with E-state index in [0.717, 1.165) is 23.0 Å². The van der Waals surface area contributed by atoms with E-state index in [0.29, 0.717) is 41.1 Å².